The predicted molar refractivity (Wildman–Crippen MR) is 110 cm³/mol. The SMILES string of the molecule is COC(=O)[C@@H](Cc1ccccc1)NC(=O)COC(=O)c1ccc(C(C)(C)C)cc1. The van der Waals surface area contributed by atoms with Crippen LogP contribution < -0.4 is 5.32 Å². The highest BCUT2D eigenvalue weighted by Crippen LogP contribution is 2.22. The van der Waals surface area contributed by atoms with E-state index in [0.29, 0.717) is 5.56 Å². The van der Waals surface area contributed by atoms with E-state index in [9.17, 15) is 14.4 Å². The van der Waals surface area contributed by atoms with E-state index in [4.69, 9.17) is 9.47 Å². The molecule has 0 aliphatic heterocycles. The Labute approximate surface area is 171 Å². The van der Waals surface area contributed by atoms with Gasteiger partial charge in [-0.15, -0.1) is 0 Å². The third-order valence-electron chi connectivity index (χ3n) is 4.42. The fourth-order valence-corrected chi connectivity index (χ4v) is 2.74. The first-order valence-electron chi connectivity index (χ1n) is 9.39. The standard InChI is InChI=1S/C23H27NO5/c1-23(2,3)18-12-10-17(11-13-18)21(26)29-15-20(25)24-19(22(27)28-4)14-16-8-6-5-7-9-16/h5-13,19H,14-15H2,1-4H3,(H,24,25)/t19-/m1/s1. The van der Waals surface area contributed by atoms with Crippen LogP contribution in [0.5, 0.6) is 0 Å². The number of carbonyl (C=O) groups is 3. The highest BCUT2D eigenvalue weighted by molar-refractivity contribution is 5.92. The first kappa shape index (κ1) is 22.1. The second-order valence-corrected chi connectivity index (χ2v) is 7.74. The van der Waals surface area contributed by atoms with E-state index in [-0.39, 0.29) is 11.8 Å². The van der Waals surface area contributed by atoms with E-state index in [2.05, 4.69) is 26.1 Å². The van der Waals surface area contributed by atoms with Gasteiger partial charge in [-0.05, 0) is 28.7 Å². The molecule has 1 amide bonds. The Bertz CT molecular complexity index is 838. The molecule has 2 aromatic carbocycles. The van der Waals surface area contributed by atoms with Crippen LogP contribution in [-0.4, -0.2) is 37.6 Å². The first-order chi connectivity index (χ1) is 13.7. The molecule has 1 atom stereocenters. The zero-order valence-electron chi connectivity index (χ0n) is 17.2. The third kappa shape index (κ3) is 6.75. The Morgan fingerprint density at radius 2 is 1.59 bits per heavy atom. The normalized spacial score (nSPS) is 12.0. The van der Waals surface area contributed by atoms with E-state index in [1.54, 1.807) is 12.1 Å². The molecule has 0 aromatic heterocycles. The molecule has 1 N–H and O–H groups in total. The fraction of sp³-hybridized carbons (Fsp3) is 0.348. The minimum atomic E-state index is -0.861. The molecule has 0 aliphatic rings. The zero-order chi connectivity index (χ0) is 21.4. The van der Waals surface area contributed by atoms with Gasteiger partial charge in [-0.25, -0.2) is 9.59 Å². The number of nitrogens with one attached hydrogen (secondary N) is 1. The Morgan fingerprint density at radius 1 is 0.966 bits per heavy atom. The summed E-state index contributed by atoms with van der Waals surface area (Å²) in [5.74, 6) is -1.74. The molecule has 0 saturated heterocycles. The van der Waals surface area contributed by atoms with Crippen LogP contribution in [0, 0.1) is 0 Å². The van der Waals surface area contributed by atoms with Gasteiger partial charge in [0.1, 0.15) is 6.04 Å². The molecule has 29 heavy (non-hydrogen) atoms. The van der Waals surface area contributed by atoms with Crippen LogP contribution in [0.25, 0.3) is 0 Å². The molecule has 0 spiro atoms. The van der Waals surface area contributed by atoms with Gasteiger partial charge in [0.25, 0.3) is 5.91 Å². The molecule has 154 valence electrons. The average Bonchev–Trinajstić information content (AvgIpc) is 2.71. The van der Waals surface area contributed by atoms with Crippen molar-refractivity contribution in [2.75, 3.05) is 13.7 Å². The van der Waals surface area contributed by atoms with Crippen molar-refractivity contribution >= 4 is 17.8 Å². The maximum atomic E-state index is 12.2. The van der Waals surface area contributed by atoms with Crippen molar-refractivity contribution in [3.05, 3.63) is 71.3 Å². The van der Waals surface area contributed by atoms with Crippen LogP contribution in [-0.2, 0) is 30.9 Å². The van der Waals surface area contributed by atoms with Crippen LogP contribution in [0.3, 0.4) is 0 Å². The Kier molecular flexibility index (Phi) is 7.53. The highest BCUT2D eigenvalue weighted by atomic mass is 16.5. The van der Waals surface area contributed by atoms with Crippen molar-refractivity contribution < 1.29 is 23.9 Å². The highest BCUT2D eigenvalue weighted by Gasteiger charge is 2.23. The van der Waals surface area contributed by atoms with Gasteiger partial charge in [-0.2, -0.15) is 0 Å². The maximum Gasteiger partial charge on any atom is 0.338 e. The van der Waals surface area contributed by atoms with Crippen molar-refractivity contribution in [2.45, 2.75) is 38.6 Å². The number of rotatable bonds is 7. The van der Waals surface area contributed by atoms with Crippen LogP contribution in [0.2, 0.25) is 0 Å². The van der Waals surface area contributed by atoms with Crippen molar-refractivity contribution in [1.82, 2.24) is 5.32 Å². The lowest BCUT2D eigenvalue weighted by Gasteiger charge is -2.19. The Morgan fingerprint density at radius 3 is 2.14 bits per heavy atom. The number of ether oxygens (including phenoxy) is 2. The molecule has 6 heteroatoms. The largest absolute Gasteiger partial charge is 0.467 e. The summed E-state index contributed by atoms with van der Waals surface area (Å²) in [6.07, 6.45) is 0.279. The monoisotopic (exact) mass is 397 g/mol. The molecule has 0 unspecified atom stereocenters. The van der Waals surface area contributed by atoms with E-state index in [1.165, 1.54) is 7.11 Å². The molecule has 0 radical (unpaired) electrons. The minimum Gasteiger partial charge on any atom is -0.467 e. The number of carbonyl (C=O) groups excluding carboxylic acids is 3. The lowest BCUT2D eigenvalue weighted by molar-refractivity contribution is -0.145. The summed E-state index contributed by atoms with van der Waals surface area (Å²) in [4.78, 5) is 36.4. The van der Waals surface area contributed by atoms with E-state index in [0.717, 1.165) is 11.1 Å². The summed E-state index contributed by atoms with van der Waals surface area (Å²) in [5.41, 5.74) is 2.30. The number of esters is 2. The third-order valence-corrected chi connectivity index (χ3v) is 4.42. The summed E-state index contributed by atoms with van der Waals surface area (Å²) in [5, 5.41) is 2.56. The lowest BCUT2D eigenvalue weighted by Crippen LogP contribution is -2.44. The van der Waals surface area contributed by atoms with Crippen LogP contribution in [0.15, 0.2) is 54.6 Å². The summed E-state index contributed by atoms with van der Waals surface area (Å²) in [6.45, 7) is 5.76. The fourth-order valence-electron chi connectivity index (χ4n) is 2.74. The molecule has 0 heterocycles. The number of benzene rings is 2. The van der Waals surface area contributed by atoms with Gasteiger partial charge >= 0.3 is 11.9 Å². The molecule has 2 aromatic rings. The van der Waals surface area contributed by atoms with Crippen LogP contribution >= 0.6 is 0 Å². The molecule has 0 aliphatic carbocycles. The molecule has 0 fully saturated rings. The molecule has 2 rings (SSSR count). The van der Waals surface area contributed by atoms with Crippen molar-refractivity contribution in [1.29, 1.82) is 0 Å². The molecule has 6 nitrogen and oxygen atoms in total. The van der Waals surface area contributed by atoms with Gasteiger partial charge in [0.2, 0.25) is 0 Å². The zero-order valence-corrected chi connectivity index (χ0v) is 17.2. The van der Waals surface area contributed by atoms with E-state index < -0.39 is 30.5 Å². The molecule has 0 bridgehead atoms. The van der Waals surface area contributed by atoms with Gasteiger partial charge in [-0.3, -0.25) is 4.79 Å². The predicted octanol–water partition coefficient (Wildman–Crippen LogP) is 3.04. The summed E-state index contributed by atoms with van der Waals surface area (Å²) < 4.78 is 9.83. The molecular weight excluding hydrogens is 370 g/mol. The van der Waals surface area contributed by atoms with Gasteiger partial charge in [0.15, 0.2) is 6.61 Å². The van der Waals surface area contributed by atoms with Crippen molar-refractivity contribution in [3.8, 4) is 0 Å². The topological polar surface area (TPSA) is 81.7 Å². The van der Waals surface area contributed by atoms with Gasteiger partial charge in [-0.1, -0.05) is 63.2 Å². The number of hydrogen-bond donors (Lipinski definition) is 1. The number of methoxy groups -OCH3 is 1. The smallest absolute Gasteiger partial charge is 0.338 e. The van der Waals surface area contributed by atoms with Crippen molar-refractivity contribution in [3.63, 3.8) is 0 Å². The maximum absolute atomic E-state index is 12.2. The minimum absolute atomic E-state index is 0.0238. The summed E-state index contributed by atoms with van der Waals surface area (Å²) in [6, 6.07) is 15.5. The van der Waals surface area contributed by atoms with Gasteiger partial charge < -0.3 is 14.8 Å². The van der Waals surface area contributed by atoms with E-state index >= 15 is 0 Å². The molecule has 0 saturated carbocycles. The molecular formula is C23H27NO5. The van der Waals surface area contributed by atoms with Crippen LogP contribution in [0.4, 0.5) is 0 Å². The second-order valence-electron chi connectivity index (χ2n) is 7.74. The Balaban J connectivity index is 1.92. The average molecular weight is 397 g/mol. The first-order valence-corrected chi connectivity index (χ1v) is 9.39. The van der Waals surface area contributed by atoms with Gasteiger partial charge in [0, 0.05) is 6.42 Å². The number of amides is 1. The van der Waals surface area contributed by atoms with Crippen LogP contribution in [0.1, 0.15) is 42.3 Å². The summed E-state index contributed by atoms with van der Waals surface area (Å²) >= 11 is 0. The summed E-state index contributed by atoms with van der Waals surface area (Å²) in [7, 11) is 1.26. The van der Waals surface area contributed by atoms with Gasteiger partial charge in [0.05, 0.1) is 12.7 Å². The Hall–Kier alpha value is -3.15. The van der Waals surface area contributed by atoms with Crippen molar-refractivity contribution in [2.24, 2.45) is 0 Å². The lowest BCUT2D eigenvalue weighted by atomic mass is 9.87. The number of hydrogen-bond acceptors (Lipinski definition) is 5. The quantitative estimate of drug-likeness (QED) is 0.726. The van der Waals surface area contributed by atoms with E-state index in [1.807, 2.05) is 42.5 Å². The second kappa shape index (κ2) is 9.87.